The van der Waals surface area contributed by atoms with Gasteiger partial charge in [0.25, 0.3) is 0 Å². The van der Waals surface area contributed by atoms with Gasteiger partial charge in [-0.05, 0) is 23.6 Å². The fourth-order valence-corrected chi connectivity index (χ4v) is 3.22. The predicted molar refractivity (Wildman–Crippen MR) is 121 cm³/mol. The van der Waals surface area contributed by atoms with Gasteiger partial charge in [0.05, 0.1) is 10.7 Å². The minimum absolute atomic E-state index is 0. The van der Waals surface area contributed by atoms with Crippen LogP contribution in [-0.2, 0) is 11.8 Å². The molecule has 3 N–H and O–H groups in total. The largest absolute Gasteiger partial charge is 0.370 e. The lowest BCUT2D eigenvalue weighted by molar-refractivity contribution is 0.571. The molecule has 2 rings (SSSR count). The number of rotatable bonds is 5. The highest BCUT2D eigenvalue weighted by Crippen LogP contribution is 2.24. The fourth-order valence-electron chi connectivity index (χ4n) is 2.21. The van der Waals surface area contributed by atoms with Crippen molar-refractivity contribution in [3.05, 3.63) is 45.9 Å². The zero-order chi connectivity index (χ0) is 17.7. The second kappa shape index (κ2) is 9.52. The second-order valence-corrected chi connectivity index (χ2v) is 8.24. The molecular weight excluding hydrogens is 443 g/mol. The minimum atomic E-state index is 0. The highest BCUT2D eigenvalue weighted by Gasteiger charge is 2.17. The second-order valence-electron chi connectivity index (χ2n) is 7.30. The molecule has 0 spiro atoms. The molecule has 6 heteroatoms. The molecule has 0 bridgehead atoms. The molecule has 0 saturated heterocycles. The van der Waals surface area contributed by atoms with Crippen LogP contribution < -0.4 is 11.1 Å². The quantitative estimate of drug-likeness (QED) is 0.359. The number of hydrogen-bond acceptors (Lipinski definition) is 3. The van der Waals surface area contributed by atoms with Crippen LogP contribution >= 0.6 is 35.3 Å². The molecule has 1 aromatic carbocycles. The number of aromatic nitrogens is 1. The van der Waals surface area contributed by atoms with Gasteiger partial charge >= 0.3 is 0 Å². The number of anilines is 1. The molecule has 2 aromatic rings. The summed E-state index contributed by atoms with van der Waals surface area (Å²) < 4.78 is 0. The van der Waals surface area contributed by atoms with Crippen LogP contribution in [-0.4, -0.2) is 17.5 Å². The first-order valence-corrected chi connectivity index (χ1v) is 9.25. The van der Waals surface area contributed by atoms with Crippen molar-refractivity contribution in [2.24, 2.45) is 10.7 Å². The third-order valence-electron chi connectivity index (χ3n) is 3.75. The van der Waals surface area contributed by atoms with Crippen LogP contribution in [0.3, 0.4) is 0 Å². The molecule has 0 atom stereocenters. The van der Waals surface area contributed by atoms with Gasteiger partial charge in [-0.3, -0.25) is 4.99 Å². The maximum absolute atomic E-state index is 5.99. The minimum Gasteiger partial charge on any atom is -0.370 e. The Kier molecular flexibility index (Phi) is 8.34. The predicted octanol–water partition coefficient (Wildman–Crippen LogP) is 5.15. The van der Waals surface area contributed by atoms with E-state index in [4.69, 9.17) is 5.73 Å². The lowest BCUT2D eigenvalue weighted by Crippen LogP contribution is -2.23. The van der Waals surface area contributed by atoms with Crippen molar-refractivity contribution in [2.75, 3.05) is 11.9 Å². The Morgan fingerprint density at radius 3 is 2.64 bits per heavy atom. The highest BCUT2D eigenvalue weighted by atomic mass is 127. The molecule has 0 amide bonds. The van der Waals surface area contributed by atoms with E-state index in [9.17, 15) is 0 Å². The molecule has 0 unspecified atom stereocenters. The van der Waals surface area contributed by atoms with Gasteiger partial charge in [0.15, 0.2) is 5.96 Å². The normalized spacial score (nSPS) is 12.2. The number of guanidine groups is 1. The van der Waals surface area contributed by atoms with Gasteiger partial charge in [-0.25, -0.2) is 4.98 Å². The highest BCUT2D eigenvalue weighted by molar-refractivity contribution is 14.0. The number of thiazole rings is 1. The average Bonchev–Trinajstić information content (AvgIpc) is 2.96. The van der Waals surface area contributed by atoms with Gasteiger partial charge in [-0.2, -0.15) is 0 Å². The Balaban J connectivity index is 0.00000312. The van der Waals surface area contributed by atoms with Gasteiger partial charge < -0.3 is 11.1 Å². The lowest BCUT2D eigenvalue weighted by atomic mass is 9.93. The van der Waals surface area contributed by atoms with Gasteiger partial charge in [-0.1, -0.05) is 46.8 Å². The van der Waals surface area contributed by atoms with E-state index in [-0.39, 0.29) is 29.4 Å². The number of nitrogens with zero attached hydrogens (tertiary/aromatic N) is 2. The standard InChI is InChI=1S/C19H28N4S.HI/c1-13(2)14-7-6-8-15(11-14)22-18(20)21-10-9-17-23-16(12-24-17)19(3,4)5;/h6-8,11-13H,9-10H2,1-5H3,(H3,20,21,22);1H. The third kappa shape index (κ3) is 6.93. The maximum Gasteiger partial charge on any atom is 0.193 e. The zero-order valence-corrected chi connectivity index (χ0v) is 18.8. The summed E-state index contributed by atoms with van der Waals surface area (Å²) in [6.45, 7) is 11.5. The lowest BCUT2D eigenvalue weighted by Gasteiger charge is -2.14. The summed E-state index contributed by atoms with van der Waals surface area (Å²) in [6.07, 6.45) is 0.815. The monoisotopic (exact) mass is 472 g/mol. The van der Waals surface area contributed by atoms with E-state index in [2.05, 4.69) is 67.4 Å². The first kappa shape index (κ1) is 21.9. The van der Waals surface area contributed by atoms with E-state index < -0.39 is 0 Å². The van der Waals surface area contributed by atoms with Crippen LogP contribution in [0.25, 0.3) is 0 Å². The van der Waals surface area contributed by atoms with Gasteiger partial charge in [0, 0.05) is 29.4 Å². The first-order chi connectivity index (χ1) is 11.3. The molecule has 25 heavy (non-hydrogen) atoms. The van der Waals surface area contributed by atoms with Crippen LogP contribution in [0.1, 0.15) is 56.8 Å². The van der Waals surface area contributed by atoms with Crippen molar-refractivity contribution in [1.29, 1.82) is 0 Å². The van der Waals surface area contributed by atoms with Crippen molar-refractivity contribution in [2.45, 2.75) is 52.4 Å². The van der Waals surface area contributed by atoms with Crippen LogP contribution in [0.4, 0.5) is 5.69 Å². The molecule has 0 aliphatic rings. The Hall–Kier alpha value is -1.15. The van der Waals surface area contributed by atoms with Crippen LogP contribution in [0, 0.1) is 0 Å². The summed E-state index contributed by atoms with van der Waals surface area (Å²) in [5.41, 5.74) is 9.49. The summed E-state index contributed by atoms with van der Waals surface area (Å²) in [5, 5.41) is 6.41. The van der Waals surface area contributed by atoms with Crippen LogP contribution in [0.15, 0.2) is 34.6 Å². The molecule has 0 aliphatic heterocycles. The Morgan fingerprint density at radius 2 is 2.04 bits per heavy atom. The smallest absolute Gasteiger partial charge is 0.193 e. The van der Waals surface area contributed by atoms with E-state index in [1.807, 2.05) is 12.1 Å². The Labute approximate surface area is 172 Å². The van der Waals surface area contributed by atoms with Crippen LogP contribution in [0.2, 0.25) is 0 Å². The summed E-state index contributed by atoms with van der Waals surface area (Å²) >= 11 is 1.70. The van der Waals surface area contributed by atoms with Gasteiger partial charge in [0.2, 0.25) is 0 Å². The summed E-state index contributed by atoms with van der Waals surface area (Å²) in [6, 6.07) is 8.28. The van der Waals surface area contributed by atoms with Crippen molar-refractivity contribution in [3.8, 4) is 0 Å². The van der Waals surface area contributed by atoms with Gasteiger partial charge in [0.1, 0.15) is 0 Å². The summed E-state index contributed by atoms with van der Waals surface area (Å²) in [4.78, 5) is 9.09. The number of nitrogens with one attached hydrogen (secondary N) is 1. The molecule has 0 radical (unpaired) electrons. The molecule has 4 nitrogen and oxygen atoms in total. The van der Waals surface area contributed by atoms with Gasteiger partial charge in [-0.15, -0.1) is 35.3 Å². The van der Waals surface area contributed by atoms with E-state index >= 15 is 0 Å². The van der Waals surface area contributed by atoms with Crippen molar-refractivity contribution >= 4 is 47.0 Å². The average molecular weight is 472 g/mol. The van der Waals surface area contributed by atoms with E-state index in [0.29, 0.717) is 18.4 Å². The van der Waals surface area contributed by atoms with Crippen LogP contribution in [0.5, 0.6) is 0 Å². The number of nitrogens with two attached hydrogens (primary N) is 1. The SMILES string of the molecule is CC(C)c1cccc(NC(N)=NCCc2nc(C(C)(C)C)cs2)c1.I. The fraction of sp³-hybridized carbons (Fsp3) is 0.474. The van der Waals surface area contributed by atoms with E-state index in [1.54, 1.807) is 11.3 Å². The molecular formula is C19H29IN4S. The first-order valence-electron chi connectivity index (χ1n) is 8.37. The molecule has 1 aromatic heterocycles. The third-order valence-corrected chi connectivity index (χ3v) is 4.66. The van der Waals surface area contributed by atoms with Crippen molar-refractivity contribution in [1.82, 2.24) is 4.98 Å². The zero-order valence-electron chi connectivity index (χ0n) is 15.7. The van der Waals surface area contributed by atoms with E-state index in [1.165, 1.54) is 5.56 Å². The molecule has 138 valence electrons. The molecule has 0 aliphatic carbocycles. The summed E-state index contributed by atoms with van der Waals surface area (Å²) in [7, 11) is 0. The van der Waals surface area contributed by atoms with Crippen molar-refractivity contribution < 1.29 is 0 Å². The topological polar surface area (TPSA) is 63.3 Å². The molecule has 0 saturated carbocycles. The number of aliphatic imine (C=N–C) groups is 1. The Bertz CT molecular complexity index is 701. The molecule has 0 fully saturated rings. The number of hydrogen-bond donors (Lipinski definition) is 2. The maximum atomic E-state index is 5.99. The van der Waals surface area contributed by atoms with E-state index in [0.717, 1.165) is 22.8 Å². The van der Waals surface area contributed by atoms with Crippen molar-refractivity contribution in [3.63, 3.8) is 0 Å². The summed E-state index contributed by atoms with van der Waals surface area (Å²) in [5.74, 6) is 0.940. The Morgan fingerprint density at radius 1 is 1.32 bits per heavy atom. The number of benzene rings is 1. The molecule has 1 heterocycles. The number of halogens is 1.